The van der Waals surface area contributed by atoms with Gasteiger partial charge in [-0.2, -0.15) is 0 Å². The average molecular weight is 483 g/mol. The van der Waals surface area contributed by atoms with Crippen molar-refractivity contribution < 1.29 is 24.3 Å². The molecule has 186 valence electrons. The third kappa shape index (κ3) is 6.93. The monoisotopic (exact) mass is 482 g/mol. The number of hydrogen-bond donors (Lipinski definition) is 4. The third-order valence-corrected chi connectivity index (χ3v) is 5.17. The molecule has 0 spiro atoms. The lowest BCUT2D eigenvalue weighted by Crippen LogP contribution is -2.59. The SMILES string of the molecule is C=C(C)C(=O)[C@](CCCCNC(=O)CNC(=O)CN)(C(=O)O)N(c1ccccn1)c1ccccn1. The van der Waals surface area contributed by atoms with E-state index in [-0.39, 0.29) is 49.7 Å². The number of aliphatic carboxylic acids is 1. The highest BCUT2D eigenvalue weighted by Crippen LogP contribution is 2.36. The van der Waals surface area contributed by atoms with Gasteiger partial charge in [-0.15, -0.1) is 0 Å². The Morgan fingerprint density at radius 2 is 1.60 bits per heavy atom. The van der Waals surface area contributed by atoms with E-state index in [0.717, 1.165) is 0 Å². The normalized spacial score (nSPS) is 12.2. The van der Waals surface area contributed by atoms with Crippen molar-refractivity contribution in [3.05, 3.63) is 60.9 Å². The molecule has 11 heteroatoms. The molecule has 0 unspecified atom stereocenters. The zero-order chi connectivity index (χ0) is 25.8. The third-order valence-electron chi connectivity index (χ3n) is 5.17. The fourth-order valence-corrected chi connectivity index (χ4v) is 3.51. The summed E-state index contributed by atoms with van der Waals surface area (Å²) in [6.07, 6.45) is 3.56. The number of hydrogen-bond acceptors (Lipinski definition) is 8. The minimum absolute atomic E-state index is 0.0770. The van der Waals surface area contributed by atoms with Crippen LogP contribution in [-0.2, 0) is 19.2 Å². The first-order valence-electron chi connectivity index (χ1n) is 11.0. The lowest BCUT2D eigenvalue weighted by atomic mass is 9.82. The molecule has 2 aromatic heterocycles. The molecule has 1 atom stereocenters. The summed E-state index contributed by atoms with van der Waals surface area (Å²) in [6, 6.07) is 9.95. The van der Waals surface area contributed by atoms with Crippen molar-refractivity contribution in [2.24, 2.45) is 5.73 Å². The molecule has 0 bridgehead atoms. The van der Waals surface area contributed by atoms with Crippen LogP contribution in [-0.4, -0.2) is 63.8 Å². The fraction of sp³-hybridized carbons (Fsp3) is 0.333. The lowest BCUT2D eigenvalue weighted by molar-refractivity contribution is -0.147. The Balaban J connectivity index is 2.30. The van der Waals surface area contributed by atoms with E-state index < -0.39 is 29.1 Å². The second kappa shape index (κ2) is 12.9. The largest absolute Gasteiger partial charge is 0.479 e. The number of nitrogens with two attached hydrogens (primary N) is 1. The number of rotatable bonds is 14. The smallest absolute Gasteiger partial charge is 0.338 e. The van der Waals surface area contributed by atoms with E-state index in [9.17, 15) is 24.3 Å². The lowest BCUT2D eigenvalue weighted by Gasteiger charge is -2.39. The topological polar surface area (TPSA) is 168 Å². The number of carboxylic acid groups (broad SMARTS) is 1. The molecule has 11 nitrogen and oxygen atoms in total. The van der Waals surface area contributed by atoms with Gasteiger partial charge in [0, 0.05) is 18.9 Å². The van der Waals surface area contributed by atoms with Crippen molar-refractivity contribution in [2.45, 2.75) is 31.7 Å². The molecule has 2 amide bonds. The number of carbonyl (C=O) groups is 4. The summed E-state index contributed by atoms with van der Waals surface area (Å²) in [5, 5.41) is 15.4. The molecule has 0 aliphatic carbocycles. The van der Waals surface area contributed by atoms with Crippen LogP contribution in [0.4, 0.5) is 11.6 Å². The van der Waals surface area contributed by atoms with Gasteiger partial charge in [0.05, 0.1) is 13.1 Å². The Labute approximate surface area is 203 Å². The molecule has 0 saturated heterocycles. The number of anilines is 2. The zero-order valence-electron chi connectivity index (χ0n) is 19.6. The summed E-state index contributed by atoms with van der Waals surface area (Å²) >= 11 is 0. The summed E-state index contributed by atoms with van der Waals surface area (Å²) in [5.74, 6) is -2.41. The molecule has 0 saturated carbocycles. The predicted octanol–water partition coefficient (Wildman–Crippen LogP) is 0.945. The molecule has 2 heterocycles. The maximum absolute atomic E-state index is 13.4. The Morgan fingerprint density at radius 3 is 2.06 bits per heavy atom. The van der Waals surface area contributed by atoms with Gasteiger partial charge in [-0.05, 0) is 56.0 Å². The van der Waals surface area contributed by atoms with Gasteiger partial charge in [0.15, 0.2) is 5.78 Å². The van der Waals surface area contributed by atoms with Gasteiger partial charge >= 0.3 is 5.97 Å². The van der Waals surface area contributed by atoms with Crippen molar-refractivity contribution in [1.29, 1.82) is 0 Å². The highest BCUT2D eigenvalue weighted by atomic mass is 16.4. The van der Waals surface area contributed by atoms with Crippen molar-refractivity contribution in [1.82, 2.24) is 20.6 Å². The van der Waals surface area contributed by atoms with Crippen molar-refractivity contribution >= 4 is 35.2 Å². The van der Waals surface area contributed by atoms with E-state index >= 15 is 0 Å². The summed E-state index contributed by atoms with van der Waals surface area (Å²) < 4.78 is 0. The van der Waals surface area contributed by atoms with Crippen LogP contribution in [0.25, 0.3) is 0 Å². The molecule has 0 radical (unpaired) electrons. The number of Topliss-reactive ketones (excluding diaryl/α,β-unsaturated/α-hetero) is 1. The van der Waals surface area contributed by atoms with Gasteiger partial charge in [-0.3, -0.25) is 19.3 Å². The van der Waals surface area contributed by atoms with Crippen LogP contribution >= 0.6 is 0 Å². The number of amides is 2. The number of carbonyl (C=O) groups excluding carboxylic acids is 3. The van der Waals surface area contributed by atoms with Gasteiger partial charge in [-0.25, -0.2) is 14.8 Å². The zero-order valence-corrected chi connectivity index (χ0v) is 19.6. The number of ketones is 1. The van der Waals surface area contributed by atoms with Gasteiger partial charge in [0.25, 0.3) is 0 Å². The van der Waals surface area contributed by atoms with Gasteiger partial charge < -0.3 is 21.5 Å². The minimum atomic E-state index is -2.06. The van der Waals surface area contributed by atoms with Crippen molar-refractivity contribution in [3.8, 4) is 0 Å². The van der Waals surface area contributed by atoms with Gasteiger partial charge in [-0.1, -0.05) is 18.7 Å². The molecule has 0 fully saturated rings. The second-order valence-electron chi connectivity index (χ2n) is 7.77. The highest BCUT2D eigenvalue weighted by molar-refractivity contribution is 6.18. The van der Waals surface area contributed by atoms with Crippen LogP contribution in [0.15, 0.2) is 60.9 Å². The second-order valence-corrected chi connectivity index (χ2v) is 7.77. The molecular weight excluding hydrogens is 452 g/mol. The van der Waals surface area contributed by atoms with E-state index in [4.69, 9.17) is 5.73 Å². The molecular formula is C24H30N6O5. The summed E-state index contributed by atoms with van der Waals surface area (Å²) in [5.41, 5.74) is 3.19. The van der Waals surface area contributed by atoms with Crippen LogP contribution in [0.5, 0.6) is 0 Å². The molecule has 0 aromatic carbocycles. The average Bonchev–Trinajstić information content (AvgIpc) is 2.86. The number of unbranched alkanes of at least 4 members (excludes halogenated alkanes) is 1. The quantitative estimate of drug-likeness (QED) is 0.174. The van der Waals surface area contributed by atoms with Crippen LogP contribution < -0.4 is 21.3 Å². The molecule has 0 aliphatic rings. The first-order chi connectivity index (χ1) is 16.7. The predicted molar refractivity (Wildman–Crippen MR) is 130 cm³/mol. The Kier molecular flexibility index (Phi) is 10.0. The molecule has 35 heavy (non-hydrogen) atoms. The van der Waals surface area contributed by atoms with Crippen LogP contribution in [0.1, 0.15) is 26.2 Å². The molecule has 5 N–H and O–H groups in total. The number of pyridine rings is 2. The molecule has 2 rings (SSSR count). The van der Waals surface area contributed by atoms with Gasteiger partial charge in [0.2, 0.25) is 17.4 Å². The Hall–Kier alpha value is -4.12. The number of carboxylic acids is 1. The fourth-order valence-electron chi connectivity index (χ4n) is 3.51. The van der Waals surface area contributed by atoms with E-state index in [0.29, 0.717) is 6.42 Å². The Bertz CT molecular complexity index is 1010. The molecule has 2 aromatic rings. The van der Waals surface area contributed by atoms with E-state index in [2.05, 4.69) is 27.2 Å². The maximum atomic E-state index is 13.4. The van der Waals surface area contributed by atoms with E-state index in [1.165, 1.54) is 24.2 Å². The summed E-state index contributed by atoms with van der Waals surface area (Å²) in [4.78, 5) is 59.2. The summed E-state index contributed by atoms with van der Waals surface area (Å²) in [7, 11) is 0. The van der Waals surface area contributed by atoms with Crippen LogP contribution in [0, 0.1) is 0 Å². The van der Waals surface area contributed by atoms with E-state index in [1.807, 2.05) is 0 Å². The standard InChI is InChI=1S/C24H30N6O5/c1-17(2)22(33)24(23(34)35,11-5-8-14-28-21(32)16-29-20(31)15-25)30(18-9-3-6-12-26-18)19-10-4-7-13-27-19/h3-4,6-7,9-10,12-13H,1,5,8,11,14-16,25H2,2H3,(H,28,32)(H,29,31)(H,34,35)/t24-/m1/s1. The summed E-state index contributed by atoms with van der Waals surface area (Å²) in [6.45, 7) is 4.96. The number of nitrogens with one attached hydrogen (secondary N) is 2. The first kappa shape index (κ1) is 27.1. The van der Waals surface area contributed by atoms with Crippen LogP contribution in [0.3, 0.4) is 0 Å². The number of aromatic nitrogens is 2. The number of nitrogens with zero attached hydrogens (tertiary/aromatic N) is 3. The first-order valence-corrected chi connectivity index (χ1v) is 11.0. The maximum Gasteiger partial charge on any atom is 0.338 e. The van der Waals surface area contributed by atoms with Gasteiger partial charge in [0.1, 0.15) is 11.6 Å². The molecule has 0 aliphatic heterocycles. The van der Waals surface area contributed by atoms with E-state index in [1.54, 1.807) is 36.4 Å². The Morgan fingerprint density at radius 1 is 1.00 bits per heavy atom. The minimum Gasteiger partial charge on any atom is -0.479 e. The van der Waals surface area contributed by atoms with Crippen LogP contribution in [0.2, 0.25) is 0 Å². The van der Waals surface area contributed by atoms with Crippen molar-refractivity contribution in [2.75, 3.05) is 24.5 Å². The highest BCUT2D eigenvalue weighted by Gasteiger charge is 2.52. The van der Waals surface area contributed by atoms with Crippen molar-refractivity contribution in [3.63, 3.8) is 0 Å².